The molecule has 0 spiro atoms. The standard InChI is InChI=1S/C22H17F3N2O7/c23-22(24,25)11-4-2-6-13(8-11)34-12-5-1-3-10(7-12)17-15-16(19(31)26-18(15)30)21(27-17,20(32)33)9-14(28)29/h1-8,15-17,27H,9H2,(H,28,29)(H,32,33)(H,26,30,31). The van der Waals surface area contributed by atoms with Crippen molar-refractivity contribution < 1.29 is 47.3 Å². The van der Waals surface area contributed by atoms with Crippen LogP contribution >= 0.6 is 0 Å². The van der Waals surface area contributed by atoms with Gasteiger partial charge in [-0.05, 0) is 35.9 Å². The normalized spacial score (nSPS) is 26.1. The quantitative estimate of drug-likeness (QED) is 0.464. The lowest BCUT2D eigenvalue weighted by molar-refractivity contribution is -0.154. The number of hydrogen-bond acceptors (Lipinski definition) is 6. The summed E-state index contributed by atoms with van der Waals surface area (Å²) >= 11 is 0. The Morgan fingerprint density at radius 1 is 1.00 bits per heavy atom. The summed E-state index contributed by atoms with van der Waals surface area (Å²) in [4.78, 5) is 48.5. The molecule has 2 amide bonds. The van der Waals surface area contributed by atoms with Crippen LogP contribution in [0.5, 0.6) is 11.5 Å². The van der Waals surface area contributed by atoms with E-state index in [9.17, 15) is 42.6 Å². The maximum Gasteiger partial charge on any atom is 0.416 e. The van der Waals surface area contributed by atoms with Gasteiger partial charge in [-0.3, -0.25) is 29.8 Å². The van der Waals surface area contributed by atoms with E-state index in [1.54, 1.807) is 0 Å². The van der Waals surface area contributed by atoms with E-state index in [1.165, 1.54) is 36.4 Å². The van der Waals surface area contributed by atoms with Crippen molar-refractivity contribution in [1.29, 1.82) is 0 Å². The molecule has 9 nitrogen and oxygen atoms in total. The number of nitrogens with one attached hydrogen (secondary N) is 2. The molecule has 2 saturated heterocycles. The number of benzene rings is 2. The smallest absolute Gasteiger partial charge is 0.416 e. The Morgan fingerprint density at radius 2 is 1.65 bits per heavy atom. The Hall–Kier alpha value is -3.93. The molecule has 0 saturated carbocycles. The molecule has 34 heavy (non-hydrogen) atoms. The third-order valence-corrected chi connectivity index (χ3v) is 5.92. The maximum atomic E-state index is 13.0. The fourth-order valence-corrected chi connectivity index (χ4v) is 4.53. The van der Waals surface area contributed by atoms with Gasteiger partial charge in [0, 0.05) is 6.04 Å². The van der Waals surface area contributed by atoms with Gasteiger partial charge in [0.25, 0.3) is 0 Å². The highest BCUT2D eigenvalue weighted by atomic mass is 19.4. The molecule has 4 atom stereocenters. The second-order valence-electron chi connectivity index (χ2n) is 8.03. The van der Waals surface area contributed by atoms with Gasteiger partial charge in [0.15, 0.2) is 0 Å². The van der Waals surface area contributed by atoms with E-state index >= 15 is 0 Å². The number of aliphatic carboxylic acids is 2. The first-order chi connectivity index (χ1) is 15.9. The van der Waals surface area contributed by atoms with E-state index in [1.807, 2.05) is 0 Å². The van der Waals surface area contributed by atoms with Gasteiger partial charge in [-0.2, -0.15) is 13.2 Å². The Balaban J connectivity index is 1.69. The minimum absolute atomic E-state index is 0.0889. The molecule has 2 aliphatic rings. The summed E-state index contributed by atoms with van der Waals surface area (Å²) in [7, 11) is 0. The summed E-state index contributed by atoms with van der Waals surface area (Å²) in [6, 6.07) is 8.91. The van der Waals surface area contributed by atoms with Crippen LogP contribution in [0.15, 0.2) is 48.5 Å². The van der Waals surface area contributed by atoms with Gasteiger partial charge in [-0.25, -0.2) is 0 Å². The summed E-state index contributed by atoms with van der Waals surface area (Å²) in [5, 5.41) is 23.9. The molecule has 0 aliphatic carbocycles. The number of amides is 2. The molecule has 4 unspecified atom stereocenters. The number of rotatable bonds is 6. The largest absolute Gasteiger partial charge is 0.481 e. The lowest BCUT2D eigenvalue weighted by Crippen LogP contribution is -2.56. The summed E-state index contributed by atoms with van der Waals surface area (Å²) < 4.78 is 44.5. The van der Waals surface area contributed by atoms with Crippen molar-refractivity contribution in [2.45, 2.75) is 24.2 Å². The van der Waals surface area contributed by atoms with E-state index in [4.69, 9.17) is 4.74 Å². The van der Waals surface area contributed by atoms with Crippen molar-refractivity contribution in [2.75, 3.05) is 0 Å². The van der Waals surface area contributed by atoms with Crippen LogP contribution in [-0.4, -0.2) is 39.5 Å². The number of halogens is 3. The molecule has 2 aromatic carbocycles. The van der Waals surface area contributed by atoms with Crippen LogP contribution in [0, 0.1) is 11.8 Å². The molecule has 12 heteroatoms. The number of carbonyl (C=O) groups is 4. The van der Waals surface area contributed by atoms with E-state index in [2.05, 4.69) is 10.6 Å². The summed E-state index contributed by atoms with van der Waals surface area (Å²) in [5.41, 5.74) is -2.87. The average Bonchev–Trinajstić information content (AvgIpc) is 3.24. The monoisotopic (exact) mass is 478 g/mol. The topological polar surface area (TPSA) is 142 Å². The Bertz CT molecular complexity index is 1200. The zero-order valence-electron chi connectivity index (χ0n) is 17.1. The van der Waals surface area contributed by atoms with Crippen molar-refractivity contribution in [2.24, 2.45) is 11.8 Å². The second kappa shape index (κ2) is 8.13. The van der Waals surface area contributed by atoms with Crippen LogP contribution in [0.4, 0.5) is 13.2 Å². The molecule has 4 N–H and O–H groups in total. The fraction of sp³-hybridized carbons (Fsp3) is 0.273. The lowest BCUT2D eigenvalue weighted by Gasteiger charge is -2.28. The van der Waals surface area contributed by atoms with Crippen LogP contribution in [0.3, 0.4) is 0 Å². The minimum Gasteiger partial charge on any atom is -0.481 e. The van der Waals surface area contributed by atoms with Gasteiger partial charge in [0.1, 0.15) is 17.0 Å². The number of alkyl halides is 3. The first-order valence-corrected chi connectivity index (χ1v) is 9.95. The van der Waals surface area contributed by atoms with Crippen molar-refractivity contribution in [1.82, 2.24) is 10.6 Å². The number of hydrogen-bond donors (Lipinski definition) is 4. The van der Waals surface area contributed by atoms with E-state index in [0.717, 1.165) is 12.1 Å². The molecule has 2 aromatic rings. The third-order valence-electron chi connectivity index (χ3n) is 5.92. The molecule has 2 aliphatic heterocycles. The van der Waals surface area contributed by atoms with Crippen molar-refractivity contribution in [3.63, 3.8) is 0 Å². The van der Waals surface area contributed by atoms with Crippen molar-refractivity contribution in [3.05, 3.63) is 59.7 Å². The first kappa shape index (κ1) is 23.2. The maximum absolute atomic E-state index is 13.0. The number of carboxylic acids is 2. The molecular weight excluding hydrogens is 461 g/mol. The Labute approximate surface area is 189 Å². The Morgan fingerprint density at radius 3 is 2.26 bits per heavy atom. The predicted octanol–water partition coefficient (Wildman–Crippen LogP) is 2.33. The predicted molar refractivity (Wildman–Crippen MR) is 107 cm³/mol. The van der Waals surface area contributed by atoms with Gasteiger partial charge >= 0.3 is 18.1 Å². The second-order valence-corrected chi connectivity index (χ2v) is 8.03. The van der Waals surface area contributed by atoms with Crippen LogP contribution in [0.1, 0.15) is 23.6 Å². The average molecular weight is 478 g/mol. The SMILES string of the molecule is O=C(O)CC1(C(=O)O)NC(c2cccc(Oc3cccc(C(F)(F)F)c3)c2)C2C(=O)NC(=O)C21. The number of carbonyl (C=O) groups excluding carboxylic acids is 2. The molecule has 0 radical (unpaired) electrons. The lowest BCUT2D eigenvalue weighted by atomic mass is 9.77. The highest BCUT2D eigenvalue weighted by Crippen LogP contribution is 2.48. The molecule has 0 bridgehead atoms. The number of fused-ring (bicyclic) bond motifs is 1. The van der Waals surface area contributed by atoms with Crippen LogP contribution in [0.25, 0.3) is 0 Å². The molecule has 2 heterocycles. The van der Waals surface area contributed by atoms with Gasteiger partial charge < -0.3 is 14.9 Å². The van der Waals surface area contributed by atoms with E-state index < -0.39 is 65.3 Å². The van der Waals surface area contributed by atoms with E-state index in [-0.39, 0.29) is 17.1 Å². The first-order valence-electron chi connectivity index (χ1n) is 9.95. The van der Waals surface area contributed by atoms with Gasteiger partial charge in [-0.15, -0.1) is 0 Å². The van der Waals surface area contributed by atoms with Gasteiger partial charge in [0.05, 0.1) is 23.8 Å². The number of carboxylic acid groups (broad SMARTS) is 2. The number of imide groups is 1. The molecule has 178 valence electrons. The van der Waals surface area contributed by atoms with Gasteiger partial charge in [-0.1, -0.05) is 18.2 Å². The zero-order chi connectivity index (χ0) is 24.8. The highest BCUT2D eigenvalue weighted by molar-refractivity contribution is 6.10. The summed E-state index contributed by atoms with van der Waals surface area (Å²) in [5.74, 6) is -7.46. The fourth-order valence-electron chi connectivity index (χ4n) is 4.53. The van der Waals surface area contributed by atoms with E-state index in [0.29, 0.717) is 0 Å². The molecule has 2 fully saturated rings. The van der Waals surface area contributed by atoms with Crippen LogP contribution < -0.4 is 15.4 Å². The van der Waals surface area contributed by atoms with Crippen LogP contribution in [-0.2, 0) is 25.4 Å². The van der Waals surface area contributed by atoms with Crippen molar-refractivity contribution in [3.8, 4) is 11.5 Å². The highest BCUT2D eigenvalue weighted by Gasteiger charge is 2.67. The summed E-state index contributed by atoms with van der Waals surface area (Å²) in [6.07, 6.45) is -5.53. The minimum atomic E-state index is -4.57. The molecule has 0 aromatic heterocycles. The van der Waals surface area contributed by atoms with Gasteiger partial charge in [0.2, 0.25) is 11.8 Å². The zero-order valence-corrected chi connectivity index (χ0v) is 17.1. The van der Waals surface area contributed by atoms with Crippen LogP contribution in [0.2, 0.25) is 0 Å². The molecule has 4 rings (SSSR count). The third kappa shape index (κ3) is 3.96. The van der Waals surface area contributed by atoms with Crippen molar-refractivity contribution >= 4 is 23.8 Å². The number of ether oxygens (including phenoxy) is 1. The Kier molecular flexibility index (Phi) is 5.56. The molecular formula is C22H17F3N2O7. The summed E-state index contributed by atoms with van der Waals surface area (Å²) in [6.45, 7) is 0.